The lowest BCUT2D eigenvalue weighted by Gasteiger charge is -2.25. The van der Waals surface area contributed by atoms with Crippen LogP contribution in [-0.2, 0) is 4.79 Å². The standard InChI is InChI=1S/C16H16N2O3/c1-10-6-7-11(17)12(8-10)18-16(19)15-9-20-13-4-2-3-5-14(13)21-15/h2-8,15H,9,17H2,1H3,(H,18,19). The number of hydrogen-bond acceptors (Lipinski definition) is 4. The fraction of sp³-hybridized carbons (Fsp3) is 0.188. The van der Waals surface area contributed by atoms with E-state index in [1.807, 2.05) is 37.3 Å². The molecule has 0 fully saturated rings. The van der Waals surface area contributed by atoms with E-state index in [0.717, 1.165) is 5.56 Å². The van der Waals surface area contributed by atoms with Crippen LogP contribution in [0.25, 0.3) is 0 Å². The maximum absolute atomic E-state index is 12.3. The Balaban J connectivity index is 1.74. The van der Waals surface area contributed by atoms with E-state index >= 15 is 0 Å². The summed E-state index contributed by atoms with van der Waals surface area (Å²) in [5.41, 5.74) is 7.98. The molecular formula is C16H16N2O3. The van der Waals surface area contributed by atoms with Gasteiger partial charge in [0.05, 0.1) is 11.4 Å². The number of nitrogens with two attached hydrogens (primary N) is 1. The van der Waals surface area contributed by atoms with E-state index in [0.29, 0.717) is 22.9 Å². The maximum Gasteiger partial charge on any atom is 0.269 e. The number of nitrogen functional groups attached to an aromatic ring is 1. The topological polar surface area (TPSA) is 73.6 Å². The van der Waals surface area contributed by atoms with E-state index in [2.05, 4.69) is 5.32 Å². The lowest BCUT2D eigenvalue weighted by atomic mass is 10.2. The number of aryl methyl sites for hydroxylation is 1. The Labute approximate surface area is 122 Å². The van der Waals surface area contributed by atoms with Crippen molar-refractivity contribution in [3.05, 3.63) is 48.0 Å². The third kappa shape index (κ3) is 2.76. The SMILES string of the molecule is Cc1ccc(N)c(NC(=O)C2COc3ccccc3O2)c1. The average molecular weight is 284 g/mol. The minimum Gasteiger partial charge on any atom is -0.485 e. The summed E-state index contributed by atoms with van der Waals surface area (Å²) in [6.07, 6.45) is -0.695. The number of nitrogens with one attached hydrogen (secondary N) is 1. The van der Waals surface area contributed by atoms with Crippen LogP contribution >= 0.6 is 0 Å². The minimum absolute atomic E-state index is 0.175. The minimum atomic E-state index is -0.695. The van der Waals surface area contributed by atoms with Gasteiger partial charge in [0.25, 0.3) is 5.91 Å². The number of ether oxygens (including phenoxy) is 2. The predicted molar refractivity (Wildman–Crippen MR) is 80.6 cm³/mol. The molecule has 3 N–H and O–H groups in total. The van der Waals surface area contributed by atoms with E-state index in [9.17, 15) is 4.79 Å². The summed E-state index contributed by atoms with van der Waals surface area (Å²) in [6, 6.07) is 12.7. The number of benzene rings is 2. The molecule has 0 spiro atoms. The Kier molecular flexibility index (Phi) is 3.39. The van der Waals surface area contributed by atoms with E-state index in [4.69, 9.17) is 15.2 Å². The van der Waals surface area contributed by atoms with Crippen LogP contribution in [-0.4, -0.2) is 18.6 Å². The van der Waals surface area contributed by atoms with Crippen LogP contribution in [0.1, 0.15) is 5.56 Å². The van der Waals surface area contributed by atoms with Crippen LogP contribution in [0.15, 0.2) is 42.5 Å². The number of carbonyl (C=O) groups is 1. The second-order valence-electron chi connectivity index (χ2n) is 4.94. The summed E-state index contributed by atoms with van der Waals surface area (Å²) < 4.78 is 11.2. The molecule has 0 aliphatic carbocycles. The Bertz CT molecular complexity index is 685. The number of para-hydroxylation sites is 2. The van der Waals surface area contributed by atoms with Crippen LogP contribution in [0.5, 0.6) is 11.5 Å². The van der Waals surface area contributed by atoms with Crippen molar-refractivity contribution < 1.29 is 14.3 Å². The normalized spacial score (nSPS) is 16.3. The van der Waals surface area contributed by atoms with Gasteiger partial charge in [-0.2, -0.15) is 0 Å². The van der Waals surface area contributed by atoms with Crippen molar-refractivity contribution in [1.82, 2.24) is 0 Å². The van der Waals surface area contributed by atoms with Gasteiger partial charge in [0, 0.05) is 0 Å². The largest absolute Gasteiger partial charge is 0.485 e. The fourth-order valence-corrected chi connectivity index (χ4v) is 2.14. The second-order valence-corrected chi connectivity index (χ2v) is 4.94. The van der Waals surface area contributed by atoms with Crippen LogP contribution in [0, 0.1) is 6.92 Å². The van der Waals surface area contributed by atoms with Gasteiger partial charge < -0.3 is 20.5 Å². The first-order chi connectivity index (χ1) is 10.1. The Hall–Kier alpha value is -2.69. The van der Waals surface area contributed by atoms with Gasteiger partial charge in [-0.15, -0.1) is 0 Å². The monoisotopic (exact) mass is 284 g/mol. The van der Waals surface area contributed by atoms with Crippen molar-refractivity contribution in [3.63, 3.8) is 0 Å². The highest BCUT2D eigenvalue weighted by molar-refractivity contribution is 5.97. The first-order valence-electron chi connectivity index (χ1n) is 6.69. The number of hydrogen-bond donors (Lipinski definition) is 2. The number of fused-ring (bicyclic) bond motifs is 1. The molecule has 0 bridgehead atoms. The molecule has 0 saturated heterocycles. The first kappa shape index (κ1) is 13.3. The highest BCUT2D eigenvalue weighted by Gasteiger charge is 2.27. The van der Waals surface area contributed by atoms with Crippen LogP contribution < -0.4 is 20.5 Å². The average Bonchev–Trinajstić information content (AvgIpc) is 2.50. The molecule has 5 nitrogen and oxygen atoms in total. The quantitative estimate of drug-likeness (QED) is 0.830. The highest BCUT2D eigenvalue weighted by atomic mass is 16.6. The van der Waals surface area contributed by atoms with E-state index in [1.54, 1.807) is 12.1 Å². The fourth-order valence-electron chi connectivity index (χ4n) is 2.14. The Morgan fingerprint density at radius 1 is 1.24 bits per heavy atom. The van der Waals surface area contributed by atoms with Crippen LogP contribution in [0.2, 0.25) is 0 Å². The summed E-state index contributed by atoms with van der Waals surface area (Å²) in [6.45, 7) is 2.11. The third-order valence-corrected chi connectivity index (χ3v) is 3.27. The number of rotatable bonds is 2. The van der Waals surface area contributed by atoms with E-state index < -0.39 is 6.10 Å². The van der Waals surface area contributed by atoms with Crippen LogP contribution in [0.4, 0.5) is 11.4 Å². The zero-order valence-corrected chi connectivity index (χ0v) is 11.6. The predicted octanol–water partition coefficient (Wildman–Crippen LogP) is 2.36. The molecule has 1 aliphatic heterocycles. The molecule has 2 aromatic rings. The molecule has 1 unspecified atom stereocenters. The van der Waals surface area contributed by atoms with Crippen molar-refractivity contribution >= 4 is 17.3 Å². The Morgan fingerprint density at radius 3 is 2.81 bits per heavy atom. The van der Waals surface area contributed by atoms with E-state index in [-0.39, 0.29) is 12.5 Å². The molecule has 3 rings (SSSR count). The molecule has 2 aromatic carbocycles. The number of amides is 1. The zero-order chi connectivity index (χ0) is 14.8. The van der Waals surface area contributed by atoms with Gasteiger partial charge in [0.1, 0.15) is 6.61 Å². The lowest BCUT2D eigenvalue weighted by molar-refractivity contribution is -0.125. The van der Waals surface area contributed by atoms with Crippen molar-refractivity contribution in [1.29, 1.82) is 0 Å². The molecule has 1 heterocycles. The highest BCUT2D eigenvalue weighted by Crippen LogP contribution is 2.31. The Morgan fingerprint density at radius 2 is 2.00 bits per heavy atom. The number of carbonyl (C=O) groups excluding carboxylic acids is 1. The molecule has 1 aliphatic rings. The molecule has 21 heavy (non-hydrogen) atoms. The van der Waals surface area contributed by atoms with Gasteiger partial charge in [-0.05, 0) is 36.8 Å². The zero-order valence-electron chi connectivity index (χ0n) is 11.6. The van der Waals surface area contributed by atoms with Crippen LogP contribution in [0.3, 0.4) is 0 Å². The van der Waals surface area contributed by atoms with Crippen molar-refractivity contribution in [3.8, 4) is 11.5 Å². The summed E-state index contributed by atoms with van der Waals surface area (Å²) in [4.78, 5) is 12.3. The number of anilines is 2. The molecular weight excluding hydrogens is 268 g/mol. The molecule has 0 saturated carbocycles. The van der Waals surface area contributed by atoms with Gasteiger partial charge in [-0.3, -0.25) is 4.79 Å². The molecule has 1 atom stereocenters. The van der Waals surface area contributed by atoms with Crippen molar-refractivity contribution in [2.45, 2.75) is 13.0 Å². The van der Waals surface area contributed by atoms with Crippen molar-refractivity contribution in [2.24, 2.45) is 0 Å². The summed E-state index contributed by atoms with van der Waals surface area (Å²) in [5.74, 6) is 0.944. The summed E-state index contributed by atoms with van der Waals surface area (Å²) in [5, 5.41) is 2.78. The summed E-state index contributed by atoms with van der Waals surface area (Å²) >= 11 is 0. The molecule has 1 amide bonds. The molecule has 0 aromatic heterocycles. The van der Waals surface area contributed by atoms with Gasteiger partial charge in [0.2, 0.25) is 6.10 Å². The lowest BCUT2D eigenvalue weighted by Crippen LogP contribution is -2.40. The maximum atomic E-state index is 12.3. The van der Waals surface area contributed by atoms with E-state index in [1.165, 1.54) is 0 Å². The molecule has 108 valence electrons. The molecule has 0 radical (unpaired) electrons. The molecule has 5 heteroatoms. The third-order valence-electron chi connectivity index (χ3n) is 3.27. The van der Waals surface area contributed by atoms with Gasteiger partial charge in [-0.25, -0.2) is 0 Å². The summed E-state index contributed by atoms with van der Waals surface area (Å²) in [7, 11) is 0. The second kappa shape index (κ2) is 5.36. The van der Waals surface area contributed by atoms with Gasteiger partial charge >= 0.3 is 0 Å². The first-order valence-corrected chi connectivity index (χ1v) is 6.69. The van der Waals surface area contributed by atoms with Crippen molar-refractivity contribution in [2.75, 3.05) is 17.7 Å². The smallest absolute Gasteiger partial charge is 0.269 e. The van der Waals surface area contributed by atoms with Gasteiger partial charge in [0.15, 0.2) is 11.5 Å². The van der Waals surface area contributed by atoms with Gasteiger partial charge in [-0.1, -0.05) is 18.2 Å².